The number of benzene rings is 1. The van der Waals surface area contributed by atoms with Gasteiger partial charge in [0.05, 0.1) is 24.3 Å². The fourth-order valence-electron chi connectivity index (χ4n) is 3.51. The molecular weight excluding hydrogens is 327 g/mol. The molecule has 0 radical (unpaired) electrons. The minimum absolute atomic E-state index is 0.00576. The lowest BCUT2D eigenvalue weighted by molar-refractivity contribution is -0.0816. The number of nitrogens with one attached hydrogen (secondary N) is 1. The van der Waals surface area contributed by atoms with Crippen LogP contribution in [0, 0.1) is 12.7 Å². The van der Waals surface area contributed by atoms with Crippen LogP contribution in [-0.2, 0) is 9.47 Å². The molecule has 1 fully saturated rings. The molecule has 1 aromatic carbocycles. The Hall–Kier alpha value is -2.25. The molecule has 1 saturated heterocycles. The zero-order valence-electron chi connectivity index (χ0n) is 14.5. The summed E-state index contributed by atoms with van der Waals surface area (Å²) in [4.78, 5) is 30.2. The van der Waals surface area contributed by atoms with E-state index in [1.54, 1.807) is 26.0 Å². The SMILES string of the molecule is COCC1(COC)CCN1C(=O)c1c[nH]c2c(C)cc(F)cc2c1=O. The van der Waals surface area contributed by atoms with Gasteiger partial charge in [0.25, 0.3) is 5.91 Å². The van der Waals surface area contributed by atoms with E-state index >= 15 is 0 Å². The van der Waals surface area contributed by atoms with Crippen molar-refractivity contribution in [1.29, 1.82) is 0 Å². The number of pyridine rings is 1. The summed E-state index contributed by atoms with van der Waals surface area (Å²) in [6, 6.07) is 2.50. The molecule has 0 unspecified atom stereocenters. The third kappa shape index (κ3) is 2.83. The molecule has 2 heterocycles. The van der Waals surface area contributed by atoms with Gasteiger partial charge in [-0.25, -0.2) is 4.39 Å². The second-order valence-corrected chi connectivity index (χ2v) is 6.47. The lowest BCUT2D eigenvalue weighted by Gasteiger charge is -2.51. The van der Waals surface area contributed by atoms with Gasteiger partial charge in [0.2, 0.25) is 5.43 Å². The van der Waals surface area contributed by atoms with Gasteiger partial charge in [-0.2, -0.15) is 0 Å². The fraction of sp³-hybridized carbons (Fsp3) is 0.444. The topological polar surface area (TPSA) is 71.6 Å². The van der Waals surface area contributed by atoms with Crippen LogP contribution < -0.4 is 5.43 Å². The highest BCUT2D eigenvalue weighted by Crippen LogP contribution is 2.32. The van der Waals surface area contributed by atoms with E-state index in [0.29, 0.717) is 30.8 Å². The van der Waals surface area contributed by atoms with E-state index in [-0.39, 0.29) is 10.9 Å². The van der Waals surface area contributed by atoms with Crippen molar-refractivity contribution in [2.24, 2.45) is 0 Å². The van der Waals surface area contributed by atoms with Gasteiger partial charge < -0.3 is 19.4 Å². The summed E-state index contributed by atoms with van der Waals surface area (Å²) >= 11 is 0. The summed E-state index contributed by atoms with van der Waals surface area (Å²) in [6.07, 6.45) is 2.14. The maximum Gasteiger partial charge on any atom is 0.259 e. The van der Waals surface area contributed by atoms with Crippen LogP contribution in [0.1, 0.15) is 22.3 Å². The van der Waals surface area contributed by atoms with E-state index in [1.807, 2.05) is 0 Å². The Labute approximate surface area is 144 Å². The molecule has 134 valence electrons. The van der Waals surface area contributed by atoms with Gasteiger partial charge in [-0.1, -0.05) is 0 Å². The van der Waals surface area contributed by atoms with Crippen molar-refractivity contribution in [3.63, 3.8) is 0 Å². The number of aromatic nitrogens is 1. The molecule has 1 aliphatic heterocycles. The van der Waals surface area contributed by atoms with Gasteiger partial charge in [-0.05, 0) is 31.0 Å². The highest BCUT2D eigenvalue weighted by molar-refractivity contribution is 5.98. The van der Waals surface area contributed by atoms with E-state index in [9.17, 15) is 14.0 Å². The van der Waals surface area contributed by atoms with Gasteiger partial charge in [0.15, 0.2) is 0 Å². The Morgan fingerprint density at radius 1 is 1.32 bits per heavy atom. The predicted molar refractivity (Wildman–Crippen MR) is 91.4 cm³/mol. The van der Waals surface area contributed by atoms with E-state index in [1.165, 1.54) is 12.3 Å². The third-order valence-electron chi connectivity index (χ3n) is 4.83. The largest absolute Gasteiger partial charge is 0.382 e. The minimum Gasteiger partial charge on any atom is -0.382 e. The Kier molecular flexibility index (Phi) is 4.62. The number of rotatable bonds is 5. The van der Waals surface area contributed by atoms with Crippen LogP contribution in [0.25, 0.3) is 10.9 Å². The predicted octanol–water partition coefficient (Wildman–Crippen LogP) is 1.85. The standard InChI is InChI=1S/C18H21FN2O4/c1-11-6-12(19)7-13-15(11)20-8-14(16(13)22)17(23)21-5-4-18(21,9-24-2)10-25-3/h6-8H,4-5,9-10H2,1-3H3,(H,20,22). The summed E-state index contributed by atoms with van der Waals surface area (Å²) in [5.41, 5.74) is 0.0976. The average molecular weight is 348 g/mol. The molecule has 2 aromatic rings. The number of aromatic amines is 1. The van der Waals surface area contributed by atoms with Crippen LogP contribution in [0.2, 0.25) is 0 Å². The van der Waals surface area contributed by atoms with Crippen molar-refractivity contribution < 1.29 is 18.7 Å². The number of carbonyl (C=O) groups excluding carboxylic acids is 1. The van der Waals surface area contributed by atoms with Crippen LogP contribution in [-0.4, -0.2) is 55.3 Å². The maximum atomic E-state index is 13.7. The van der Waals surface area contributed by atoms with Gasteiger partial charge in [0.1, 0.15) is 11.4 Å². The molecule has 25 heavy (non-hydrogen) atoms. The molecular formula is C18H21FN2O4. The molecule has 6 nitrogen and oxygen atoms in total. The number of methoxy groups -OCH3 is 2. The van der Waals surface area contributed by atoms with Crippen molar-refractivity contribution in [3.05, 3.63) is 45.5 Å². The number of ether oxygens (including phenoxy) is 2. The van der Waals surface area contributed by atoms with E-state index in [2.05, 4.69) is 4.98 Å². The summed E-state index contributed by atoms with van der Waals surface area (Å²) in [7, 11) is 3.12. The Bertz CT molecular complexity index is 871. The van der Waals surface area contributed by atoms with Crippen LogP contribution >= 0.6 is 0 Å². The number of amides is 1. The fourth-order valence-corrected chi connectivity index (χ4v) is 3.51. The number of carbonyl (C=O) groups is 1. The normalized spacial score (nSPS) is 16.1. The molecule has 1 aromatic heterocycles. The first-order valence-electron chi connectivity index (χ1n) is 8.05. The van der Waals surface area contributed by atoms with Crippen LogP contribution in [0.4, 0.5) is 4.39 Å². The number of hydrogen-bond donors (Lipinski definition) is 1. The van der Waals surface area contributed by atoms with Crippen LogP contribution in [0.5, 0.6) is 0 Å². The summed E-state index contributed by atoms with van der Waals surface area (Å²) in [6.45, 7) is 2.88. The highest BCUT2D eigenvalue weighted by atomic mass is 19.1. The van der Waals surface area contributed by atoms with Crippen molar-refractivity contribution in [3.8, 4) is 0 Å². The van der Waals surface area contributed by atoms with Crippen LogP contribution in [0.3, 0.4) is 0 Å². The molecule has 3 rings (SSSR count). The number of aryl methyl sites for hydroxylation is 1. The molecule has 0 aliphatic carbocycles. The first-order valence-corrected chi connectivity index (χ1v) is 8.05. The third-order valence-corrected chi connectivity index (χ3v) is 4.83. The number of likely N-dealkylation sites (tertiary alicyclic amines) is 1. The number of halogens is 1. The first kappa shape index (κ1) is 17.6. The van der Waals surface area contributed by atoms with E-state index in [0.717, 1.165) is 12.5 Å². The summed E-state index contributed by atoms with van der Waals surface area (Å²) in [5.74, 6) is -0.900. The molecule has 0 bridgehead atoms. The van der Waals surface area contributed by atoms with Crippen molar-refractivity contribution >= 4 is 16.8 Å². The Morgan fingerprint density at radius 2 is 2.00 bits per heavy atom. The molecule has 0 atom stereocenters. The Balaban J connectivity index is 2.03. The molecule has 7 heteroatoms. The van der Waals surface area contributed by atoms with Gasteiger partial charge in [0, 0.05) is 32.3 Å². The second-order valence-electron chi connectivity index (χ2n) is 6.47. The van der Waals surface area contributed by atoms with Crippen molar-refractivity contribution in [2.45, 2.75) is 18.9 Å². The summed E-state index contributed by atoms with van der Waals surface area (Å²) < 4.78 is 24.2. The quantitative estimate of drug-likeness (QED) is 0.895. The van der Waals surface area contributed by atoms with Crippen molar-refractivity contribution in [1.82, 2.24) is 9.88 Å². The maximum absolute atomic E-state index is 13.7. The molecule has 1 amide bonds. The average Bonchev–Trinajstić information content (AvgIpc) is 2.54. The number of nitrogens with zero attached hydrogens (tertiary/aromatic N) is 1. The molecule has 0 spiro atoms. The molecule has 1 N–H and O–H groups in total. The first-order chi connectivity index (χ1) is 11.9. The van der Waals surface area contributed by atoms with E-state index in [4.69, 9.17) is 9.47 Å². The monoisotopic (exact) mass is 348 g/mol. The summed E-state index contributed by atoms with van der Waals surface area (Å²) in [5, 5.41) is 0.174. The van der Waals surface area contributed by atoms with Gasteiger partial charge in [-0.3, -0.25) is 9.59 Å². The molecule has 1 aliphatic rings. The number of hydrogen-bond acceptors (Lipinski definition) is 4. The molecule has 0 saturated carbocycles. The second kappa shape index (κ2) is 6.57. The smallest absolute Gasteiger partial charge is 0.259 e. The van der Waals surface area contributed by atoms with Crippen molar-refractivity contribution in [2.75, 3.05) is 34.0 Å². The zero-order chi connectivity index (χ0) is 18.2. The number of H-pyrrole nitrogens is 1. The minimum atomic E-state index is -0.570. The van der Waals surface area contributed by atoms with Gasteiger partial charge >= 0.3 is 0 Å². The lowest BCUT2D eigenvalue weighted by Crippen LogP contribution is -2.67. The number of fused-ring (bicyclic) bond motifs is 1. The van der Waals surface area contributed by atoms with Gasteiger partial charge in [-0.15, -0.1) is 0 Å². The van der Waals surface area contributed by atoms with E-state index < -0.39 is 22.7 Å². The lowest BCUT2D eigenvalue weighted by atomic mass is 9.85. The Morgan fingerprint density at radius 3 is 2.56 bits per heavy atom. The van der Waals surface area contributed by atoms with Crippen LogP contribution in [0.15, 0.2) is 23.1 Å². The zero-order valence-corrected chi connectivity index (χ0v) is 14.5. The highest BCUT2D eigenvalue weighted by Gasteiger charge is 2.48.